The molecule has 4 aromatic rings. The van der Waals surface area contributed by atoms with Crippen LogP contribution in [-0.2, 0) is 6.61 Å². The summed E-state index contributed by atoms with van der Waals surface area (Å²) < 4.78 is 6.92. The molecule has 4 heteroatoms. The second-order valence-electron chi connectivity index (χ2n) is 6.80. The minimum Gasteiger partial charge on any atom is -0.488 e. The van der Waals surface area contributed by atoms with Gasteiger partial charge in [0, 0.05) is 10.6 Å². The van der Waals surface area contributed by atoms with Crippen LogP contribution in [0, 0.1) is 14.9 Å². The minimum atomic E-state index is 0.408. The average molecular weight is 522 g/mol. The molecule has 0 aromatic heterocycles. The molecule has 0 saturated heterocycles. The monoisotopic (exact) mass is 521 g/mol. The van der Waals surface area contributed by atoms with Gasteiger partial charge in [-0.2, -0.15) is 5.26 Å². The fourth-order valence-corrected chi connectivity index (χ4v) is 4.08. The molecule has 0 aliphatic heterocycles. The molecule has 146 valence electrons. The van der Waals surface area contributed by atoms with Gasteiger partial charge in [-0.15, -0.1) is 0 Å². The molecular weight excluding hydrogens is 505 g/mol. The number of rotatable bonds is 5. The normalized spacial score (nSPS) is 11.3. The molecule has 0 unspecified atom stereocenters. The summed E-state index contributed by atoms with van der Waals surface area (Å²) in [4.78, 5) is 0. The van der Waals surface area contributed by atoms with Crippen molar-refractivity contribution < 1.29 is 4.74 Å². The summed E-state index contributed by atoms with van der Waals surface area (Å²) >= 11 is 8.46. The maximum atomic E-state index is 9.72. The summed E-state index contributed by atoms with van der Waals surface area (Å²) in [6.45, 7) is 0.408. The van der Waals surface area contributed by atoms with Gasteiger partial charge in [-0.3, -0.25) is 0 Å². The van der Waals surface area contributed by atoms with Gasteiger partial charge in [0.05, 0.1) is 15.2 Å². The highest BCUT2D eigenvalue weighted by molar-refractivity contribution is 14.1. The molecular formula is C26H17ClINO. The molecule has 0 N–H and O–H groups in total. The van der Waals surface area contributed by atoms with Crippen molar-refractivity contribution in [2.24, 2.45) is 0 Å². The lowest BCUT2D eigenvalue weighted by Gasteiger charge is -2.10. The molecule has 2 nitrogen and oxygen atoms in total. The predicted molar refractivity (Wildman–Crippen MR) is 132 cm³/mol. The number of hydrogen-bond donors (Lipinski definition) is 0. The molecule has 0 bridgehead atoms. The van der Waals surface area contributed by atoms with E-state index in [0.717, 1.165) is 36.8 Å². The van der Waals surface area contributed by atoms with Crippen molar-refractivity contribution in [3.63, 3.8) is 0 Å². The van der Waals surface area contributed by atoms with E-state index in [1.54, 1.807) is 0 Å². The SMILES string of the molecule is N#C/C(=C/c1ccc(OCc2ccccc2Cl)c(I)c1)c1ccc2ccccc2c1. The summed E-state index contributed by atoms with van der Waals surface area (Å²) in [7, 11) is 0. The van der Waals surface area contributed by atoms with Crippen LogP contribution < -0.4 is 4.74 Å². The molecule has 0 atom stereocenters. The lowest BCUT2D eigenvalue weighted by molar-refractivity contribution is 0.304. The van der Waals surface area contributed by atoms with E-state index in [4.69, 9.17) is 16.3 Å². The van der Waals surface area contributed by atoms with Gasteiger partial charge in [0.2, 0.25) is 0 Å². The molecule has 0 heterocycles. The summed E-state index contributed by atoms with van der Waals surface area (Å²) in [5, 5.41) is 12.7. The van der Waals surface area contributed by atoms with Gasteiger partial charge < -0.3 is 4.74 Å². The summed E-state index contributed by atoms with van der Waals surface area (Å²) in [6.07, 6.45) is 1.91. The van der Waals surface area contributed by atoms with Gasteiger partial charge in [-0.25, -0.2) is 0 Å². The third kappa shape index (κ3) is 4.67. The number of fused-ring (bicyclic) bond motifs is 1. The standard InChI is InChI=1S/C26H17ClINO/c27-24-8-4-3-7-22(24)17-30-26-12-9-18(14-25(26)28)13-23(16-29)21-11-10-19-5-1-2-6-20(19)15-21/h1-15H,17H2/b23-13-. The van der Waals surface area contributed by atoms with Crippen molar-refractivity contribution >= 4 is 56.6 Å². The molecule has 4 aromatic carbocycles. The maximum absolute atomic E-state index is 9.72. The van der Waals surface area contributed by atoms with Crippen LogP contribution in [-0.4, -0.2) is 0 Å². The van der Waals surface area contributed by atoms with Crippen molar-refractivity contribution in [3.05, 3.63) is 110 Å². The highest BCUT2D eigenvalue weighted by Crippen LogP contribution is 2.27. The summed E-state index contributed by atoms with van der Waals surface area (Å²) in [5.41, 5.74) is 3.43. The highest BCUT2D eigenvalue weighted by Gasteiger charge is 2.07. The van der Waals surface area contributed by atoms with Crippen molar-refractivity contribution in [2.45, 2.75) is 6.61 Å². The highest BCUT2D eigenvalue weighted by atomic mass is 127. The van der Waals surface area contributed by atoms with Crippen LogP contribution >= 0.6 is 34.2 Å². The van der Waals surface area contributed by atoms with E-state index in [2.05, 4.69) is 46.9 Å². The van der Waals surface area contributed by atoms with Crippen LogP contribution in [0.4, 0.5) is 0 Å². The molecule has 0 radical (unpaired) electrons. The van der Waals surface area contributed by atoms with Crippen molar-refractivity contribution in [1.29, 1.82) is 5.26 Å². The predicted octanol–water partition coefficient (Wildman–Crippen LogP) is 7.74. The van der Waals surface area contributed by atoms with E-state index in [1.165, 1.54) is 0 Å². The Hall–Kier alpha value is -2.81. The third-order valence-corrected chi connectivity index (χ3v) is 6.00. The maximum Gasteiger partial charge on any atom is 0.133 e. The van der Waals surface area contributed by atoms with Crippen molar-refractivity contribution in [1.82, 2.24) is 0 Å². The van der Waals surface area contributed by atoms with Crippen LogP contribution in [0.2, 0.25) is 5.02 Å². The Morgan fingerprint density at radius 2 is 1.70 bits per heavy atom. The zero-order chi connectivity index (χ0) is 20.9. The quantitative estimate of drug-likeness (QED) is 0.153. The largest absolute Gasteiger partial charge is 0.488 e. The van der Waals surface area contributed by atoms with Crippen molar-refractivity contribution in [2.75, 3.05) is 0 Å². The Morgan fingerprint density at radius 3 is 2.47 bits per heavy atom. The topological polar surface area (TPSA) is 33.0 Å². The molecule has 0 saturated carbocycles. The summed E-state index contributed by atoms with van der Waals surface area (Å²) in [5.74, 6) is 0.789. The van der Waals surface area contributed by atoms with Crippen LogP contribution in [0.1, 0.15) is 16.7 Å². The molecule has 4 rings (SSSR count). The van der Waals surface area contributed by atoms with Gasteiger partial charge in [0.15, 0.2) is 0 Å². The number of halogens is 2. The smallest absolute Gasteiger partial charge is 0.133 e. The van der Waals surface area contributed by atoms with E-state index in [9.17, 15) is 5.26 Å². The first-order valence-electron chi connectivity index (χ1n) is 9.41. The van der Waals surface area contributed by atoms with E-state index in [-0.39, 0.29) is 0 Å². The van der Waals surface area contributed by atoms with E-state index in [1.807, 2.05) is 72.8 Å². The van der Waals surface area contributed by atoms with Crippen LogP contribution in [0.5, 0.6) is 5.75 Å². The number of benzene rings is 4. The first kappa shape index (κ1) is 20.5. The Kier molecular flexibility index (Phi) is 6.37. The van der Waals surface area contributed by atoms with Gasteiger partial charge in [-0.1, -0.05) is 72.3 Å². The van der Waals surface area contributed by atoms with Gasteiger partial charge in [0.25, 0.3) is 0 Å². The fourth-order valence-electron chi connectivity index (χ4n) is 3.20. The second-order valence-corrected chi connectivity index (χ2v) is 8.37. The molecule has 0 aliphatic rings. The van der Waals surface area contributed by atoms with E-state index < -0.39 is 0 Å². The molecule has 0 spiro atoms. The Bertz CT molecular complexity index is 1290. The van der Waals surface area contributed by atoms with E-state index >= 15 is 0 Å². The minimum absolute atomic E-state index is 0.408. The molecule has 0 amide bonds. The summed E-state index contributed by atoms with van der Waals surface area (Å²) in [6, 6.07) is 30.1. The molecule has 30 heavy (non-hydrogen) atoms. The first-order valence-corrected chi connectivity index (χ1v) is 10.9. The molecule has 0 aliphatic carbocycles. The molecule has 0 fully saturated rings. The van der Waals surface area contributed by atoms with Crippen LogP contribution in [0.3, 0.4) is 0 Å². The van der Waals surface area contributed by atoms with Crippen LogP contribution in [0.25, 0.3) is 22.4 Å². The Labute approximate surface area is 194 Å². The van der Waals surface area contributed by atoms with Gasteiger partial charge in [0.1, 0.15) is 12.4 Å². The van der Waals surface area contributed by atoms with Gasteiger partial charge >= 0.3 is 0 Å². The Balaban J connectivity index is 1.57. The number of ether oxygens (including phenoxy) is 1. The lowest BCUT2D eigenvalue weighted by atomic mass is 10.0. The first-order chi connectivity index (χ1) is 14.6. The van der Waals surface area contributed by atoms with E-state index in [0.29, 0.717) is 17.2 Å². The number of nitriles is 1. The number of hydrogen-bond acceptors (Lipinski definition) is 2. The Morgan fingerprint density at radius 1 is 0.933 bits per heavy atom. The lowest BCUT2D eigenvalue weighted by Crippen LogP contribution is -1.98. The third-order valence-electron chi connectivity index (χ3n) is 4.79. The van der Waals surface area contributed by atoms with Crippen LogP contribution in [0.15, 0.2) is 84.9 Å². The second kappa shape index (κ2) is 9.34. The van der Waals surface area contributed by atoms with Crippen molar-refractivity contribution in [3.8, 4) is 11.8 Å². The fraction of sp³-hybridized carbons (Fsp3) is 0.0385. The number of nitrogens with zero attached hydrogens (tertiary/aromatic N) is 1. The van der Waals surface area contributed by atoms with Gasteiger partial charge in [-0.05, 0) is 74.8 Å². The zero-order valence-electron chi connectivity index (χ0n) is 16.0. The number of allylic oxidation sites excluding steroid dienone is 1. The zero-order valence-corrected chi connectivity index (χ0v) is 18.9. The average Bonchev–Trinajstić information content (AvgIpc) is 2.77.